The number of fused-ring (bicyclic) bond motifs is 1. The van der Waals surface area contributed by atoms with Gasteiger partial charge in [0, 0.05) is 56.0 Å². The first-order valence-electron chi connectivity index (χ1n) is 12.2. The molecular formula is C25H26F3N9O2. The van der Waals surface area contributed by atoms with Gasteiger partial charge in [-0.1, -0.05) is 0 Å². The lowest BCUT2D eigenvalue weighted by Gasteiger charge is -2.35. The zero-order chi connectivity index (χ0) is 27.9. The molecule has 0 spiro atoms. The number of benzene rings is 1. The maximum atomic E-state index is 13.4. The fourth-order valence-corrected chi connectivity index (χ4v) is 4.61. The van der Waals surface area contributed by atoms with Crippen LogP contribution in [0.3, 0.4) is 0 Å². The molecule has 4 aromatic rings. The van der Waals surface area contributed by atoms with Crippen LogP contribution in [-0.4, -0.2) is 78.4 Å². The van der Waals surface area contributed by atoms with Crippen molar-refractivity contribution in [2.24, 2.45) is 5.73 Å². The molecule has 1 saturated heterocycles. The number of anilines is 2. The standard InChI is InChI=1S/C25H26F3N9O2/c1-14-11-16(3-4-17(14)24(39)36-9-7-35(8-10-36)23(38)15(2)29)33-21-22-31-13-19(37(22)6-5-30-21)18-12-32-34-20(18)25(26,27)28/h3-6,11-13,15H,7-10,29H2,1-2H3,(H,30,33)(H,32,34). The van der Waals surface area contributed by atoms with E-state index in [-0.39, 0.29) is 23.1 Å². The summed E-state index contributed by atoms with van der Waals surface area (Å²) in [6.07, 6.45) is 0.851. The van der Waals surface area contributed by atoms with Crippen LogP contribution in [0, 0.1) is 6.92 Å². The topological polar surface area (TPSA) is 138 Å². The lowest BCUT2D eigenvalue weighted by Crippen LogP contribution is -2.53. The molecule has 3 aromatic heterocycles. The van der Waals surface area contributed by atoms with Gasteiger partial charge < -0.3 is 20.9 Å². The van der Waals surface area contributed by atoms with Gasteiger partial charge in [-0.2, -0.15) is 18.3 Å². The van der Waals surface area contributed by atoms with Crippen LogP contribution in [-0.2, 0) is 11.0 Å². The van der Waals surface area contributed by atoms with Crippen molar-refractivity contribution in [3.8, 4) is 11.3 Å². The smallest absolute Gasteiger partial charge is 0.338 e. The van der Waals surface area contributed by atoms with Crippen molar-refractivity contribution in [2.45, 2.75) is 26.1 Å². The summed E-state index contributed by atoms with van der Waals surface area (Å²) in [5, 5.41) is 8.77. The van der Waals surface area contributed by atoms with E-state index in [2.05, 4.69) is 25.5 Å². The van der Waals surface area contributed by atoms with Crippen molar-refractivity contribution in [1.29, 1.82) is 0 Å². The largest absolute Gasteiger partial charge is 0.435 e. The zero-order valence-electron chi connectivity index (χ0n) is 21.2. The van der Waals surface area contributed by atoms with Crippen LogP contribution in [0.25, 0.3) is 16.9 Å². The molecule has 0 aliphatic carbocycles. The summed E-state index contributed by atoms with van der Waals surface area (Å²) in [6.45, 7) is 5.14. The van der Waals surface area contributed by atoms with E-state index in [1.807, 2.05) is 6.92 Å². The van der Waals surface area contributed by atoms with Gasteiger partial charge in [0.1, 0.15) is 0 Å². The summed E-state index contributed by atoms with van der Waals surface area (Å²) in [6, 6.07) is 4.64. The highest BCUT2D eigenvalue weighted by atomic mass is 19.4. The Morgan fingerprint density at radius 1 is 1.13 bits per heavy atom. The van der Waals surface area contributed by atoms with Gasteiger partial charge in [0.2, 0.25) is 5.91 Å². The van der Waals surface area contributed by atoms with E-state index >= 15 is 0 Å². The van der Waals surface area contributed by atoms with Gasteiger partial charge in [-0.3, -0.25) is 19.1 Å². The third-order valence-electron chi connectivity index (χ3n) is 6.60. The molecule has 0 saturated carbocycles. The molecule has 0 bridgehead atoms. The Morgan fingerprint density at radius 3 is 2.51 bits per heavy atom. The minimum absolute atomic E-state index is 0.131. The molecule has 1 aliphatic rings. The highest BCUT2D eigenvalue weighted by molar-refractivity contribution is 5.96. The first kappa shape index (κ1) is 26.2. The third-order valence-corrected chi connectivity index (χ3v) is 6.60. The lowest BCUT2D eigenvalue weighted by atomic mass is 10.1. The molecule has 39 heavy (non-hydrogen) atoms. The van der Waals surface area contributed by atoms with Gasteiger partial charge in [0.15, 0.2) is 17.2 Å². The summed E-state index contributed by atoms with van der Waals surface area (Å²) in [7, 11) is 0. The second-order valence-electron chi connectivity index (χ2n) is 9.32. The predicted octanol–water partition coefficient (Wildman–Crippen LogP) is 2.82. The highest BCUT2D eigenvalue weighted by Gasteiger charge is 2.37. The number of halogens is 3. The molecule has 4 N–H and O–H groups in total. The molecule has 204 valence electrons. The Labute approximate surface area is 220 Å². The Kier molecular flexibility index (Phi) is 6.72. The number of nitrogens with two attached hydrogens (primary N) is 1. The first-order valence-corrected chi connectivity index (χ1v) is 12.2. The summed E-state index contributed by atoms with van der Waals surface area (Å²) < 4.78 is 41.6. The number of hydrogen-bond donors (Lipinski definition) is 3. The van der Waals surface area contributed by atoms with Crippen molar-refractivity contribution < 1.29 is 22.8 Å². The van der Waals surface area contributed by atoms with Gasteiger partial charge in [-0.15, -0.1) is 0 Å². The molecule has 5 rings (SSSR count). The second kappa shape index (κ2) is 10.0. The fourth-order valence-electron chi connectivity index (χ4n) is 4.61. The number of imidazole rings is 1. The van der Waals surface area contributed by atoms with Crippen LogP contribution in [0.2, 0.25) is 0 Å². The van der Waals surface area contributed by atoms with Gasteiger partial charge in [0.25, 0.3) is 5.91 Å². The van der Waals surface area contributed by atoms with Gasteiger partial charge in [0.05, 0.1) is 23.5 Å². The number of amides is 2. The number of nitrogens with zero attached hydrogens (tertiary/aromatic N) is 6. The Morgan fingerprint density at radius 2 is 1.85 bits per heavy atom. The minimum atomic E-state index is -4.63. The van der Waals surface area contributed by atoms with Crippen molar-refractivity contribution in [1.82, 2.24) is 34.4 Å². The number of alkyl halides is 3. The van der Waals surface area contributed by atoms with Crippen LogP contribution in [0.1, 0.15) is 28.5 Å². The summed E-state index contributed by atoms with van der Waals surface area (Å²) in [5.41, 5.74) is 6.92. The maximum absolute atomic E-state index is 13.4. The molecule has 14 heteroatoms. The van der Waals surface area contributed by atoms with Crippen LogP contribution in [0.4, 0.5) is 24.7 Å². The molecule has 1 fully saturated rings. The molecule has 11 nitrogen and oxygen atoms in total. The lowest BCUT2D eigenvalue weighted by molar-refractivity contribution is -0.140. The summed E-state index contributed by atoms with van der Waals surface area (Å²) in [4.78, 5) is 37.2. The number of rotatable bonds is 5. The average molecular weight is 542 g/mol. The van der Waals surface area contributed by atoms with Crippen molar-refractivity contribution in [2.75, 3.05) is 31.5 Å². The normalized spacial score (nSPS) is 15.0. The van der Waals surface area contributed by atoms with E-state index in [9.17, 15) is 22.8 Å². The number of nitrogens with one attached hydrogen (secondary N) is 2. The predicted molar refractivity (Wildman–Crippen MR) is 136 cm³/mol. The molecule has 1 aromatic carbocycles. The summed E-state index contributed by atoms with van der Waals surface area (Å²) >= 11 is 0. The molecule has 1 unspecified atom stereocenters. The second-order valence-corrected chi connectivity index (χ2v) is 9.32. The maximum Gasteiger partial charge on any atom is 0.435 e. The van der Waals surface area contributed by atoms with E-state index in [1.54, 1.807) is 34.9 Å². The van der Waals surface area contributed by atoms with Crippen LogP contribution < -0.4 is 11.1 Å². The Hall–Kier alpha value is -4.46. The number of carbonyl (C=O) groups is 2. The fraction of sp³-hybridized carbons (Fsp3) is 0.320. The molecule has 0 radical (unpaired) electrons. The van der Waals surface area contributed by atoms with Crippen LogP contribution in [0.15, 0.2) is 43.0 Å². The number of carbonyl (C=O) groups excluding carboxylic acids is 2. The average Bonchev–Trinajstić information content (AvgIpc) is 3.56. The van der Waals surface area contributed by atoms with Crippen LogP contribution >= 0.6 is 0 Å². The Balaban J connectivity index is 1.34. The Bertz CT molecular complexity index is 1540. The monoisotopic (exact) mass is 541 g/mol. The zero-order valence-corrected chi connectivity index (χ0v) is 21.2. The van der Waals surface area contributed by atoms with E-state index in [4.69, 9.17) is 5.73 Å². The highest BCUT2D eigenvalue weighted by Crippen LogP contribution is 2.36. The van der Waals surface area contributed by atoms with E-state index in [1.165, 1.54) is 29.2 Å². The third kappa shape index (κ3) is 5.02. The van der Waals surface area contributed by atoms with E-state index < -0.39 is 17.9 Å². The number of piperazine rings is 1. The van der Waals surface area contributed by atoms with Gasteiger partial charge in [-0.25, -0.2) is 9.97 Å². The van der Waals surface area contributed by atoms with E-state index in [0.717, 1.165) is 5.56 Å². The molecular weight excluding hydrogens is 515 g/mol. The van der Waals surface area contributed by atoms with Crippen LogP contribution in [0.5, 0.6) is 0 Å². The van der Waals surface area contributed by atoms with E-state index in [0.29, 0.717) is 48.9 Å². The van der Waals surface area contributed by atoms with Crippen molar-refractivity contribution >= 4 is 29.0 Å². The number of H-pyrrole nitrogens is 1. The first-order chi connectivity index (χ1) is 18.5. The minimum Gasteiger partial charge on any atom is -0.338 e. The molecule has 4 heterocycles. The number of hydrogen-bond acceptors (Lipinski definition) is 7. The quantitative estimate of drug-likeness (QED) is 0.353. The number of aryl methyl sites for hydroxylation is 1. The molecule has 1 aliphatic heterocycles. The number of aromatic amines is 1. The van der Waals surface area contributed by atoms with Gasteiger partial charge in [-0.05, 0) is 37.6 Å². The van der Waals surface area contributed by atoms with Crippen molar-refractivity contribution in [3.05, 3.63) is 59.8 Å². The number of aromatic nitrogens is 5. The van der Waals surface area contributed by atoms with Gasteiger partial charge >= 0.3 is 6.18 Å². The van der Waals surface area contributed by atoms with Crippen molar-refractivity contribution in [3.63, 3.8) is 0 Å². The SMILES string of the molecule is Cc1cc(Nc2nccn3c(-c4c[nH]nc4C(F)(F)F)cnc23)ccc1C(=O)N1CCN(C(=O)C(C)N)CC1. The molecule has 1 atom stereocenters. The molecule has 2 amide bonds. The summed E-state index contributed by atoms with van der Waals surface area (Å²) in [5.74, 6) is 0.0624.